The van der Waals surface area contributed by atoms with Crippen molar-refractivity contribution in [3.8, 4) is 22.4 Å². The van der Waals surface area contributed by atoms with Gasteiger partial charge in [0.2, 0.25) is 0 Å². The van der Waals surface area contributed by atoms with Gasteiger partial charge >= 0.3 is 0 Å². The zero-order chi connectivity index (χ0) is 32.7. The number of rotatable bonds is 3. The number of furan rings is 1. The Morgan fingerprint density at radius 3 is 1.90 bits per heavy atom. The van der Waals surface area contributed by atoms with Gasteiger partial charge in [0.1, 0.15) is 11.2 Å². The van der Waals surface area contributed by atoms with Gasteiger partial charge in [0.05, 0.1) is 22.6 Å². The Morgan fingerprint density at radius 1 is 0.490 bits per heavy atom. The molecule has 0 spiro atoms. The van der Waals surface area contributed by atoms with E-state index in [4.69, 9.17) is 9.40 Å². The van der Waals surface area contributed by atoms with Gasteiger partial charge in [0.15, 0.2) is 0 Å². The SMILES string of the molecule is CC1(C)c2ccccc2N(c2ccc(-c3cccc4c3nc(-c3ccccc3)c3ccc5oc6ccccc6c5c34)cc2)c2ccccc21. The fourth-order valence-electron chi connectivity index (χ4n) is 8.12. The van der Waals surface area contributed by atoms with Gasteiger partial charge in [-0.15, -0.1) is 0 Å². The Kier molecular flexibility index (Phi) is 5.92. The molecule has 49 heavy (non-hydrogen) atoms. The van der Waals surface area contributed by atoms with Crippen LogP contribution in [-0.2, 0) is 5.41 Å². The Hall–Kier alpha value is -6.19. The Labute approximate surface area is 284 Å². The van der Waals surface area contributed by atoms with Crippen molar-refractivity contribution >= 4 is 60.7 Å². The van der Waals surface area contributed by atoms with Crippen molar-refractivity contribution in [3.05, 3.63) is 169 Å². The quantitative estimate of drug-likeness (QED) is 0.182. The lowest BCUT2D eigenvalue weighted by atomic mass is 9.73. The Balaban J connectivity index is 1.20. The van der Waals surface area contributed by atoms with Crippen LogP contribution in [0.25, 0.3) is 66.0 Å². The van der Waals surface area contributed by atoms with E-state index in [0.717, 1.165) is 66.3 Å². The third-order valence-corrected chi connectivity index (χ3v) is 10.4. The van der Waals surface area contributed by atoms with Crippen LogP contribution in [0.1, 0.15) is 25.0 Å². The van der Waals surface area contributed by atoms with Crippen LogP contribution in [0, 0.1) is 0 Å². The summed E-state index contributed by atoms with van der Waals surface area (Å²) in [6.45, 7) is 4.65. The Morgan fingerprint density at radius 2 is 1.14 bits per heavy atom. The fraction of sp³-hybridized carbons (Fsp3) is 0.0652. The van der Waals surface area contributed by atoms with Gasteiger partial charge in [-0.3, -0.25) is 0 Å². The first-order valence-electron chi connectivity index (χ1n) is 16.9. The smallest absolute Gasteiger partial charge is 0.136 e. The minimum Gasteiger partial charge on any atom is -0.456 e. The molecule has 0 fully saturated rings. The number of para-hydroxylation sites is 4. The zero-order valence-corrected chi connectivity index (χ0v) is 27.3. The van der Waals surface area contributed by atoms with Gasteiger partial charge in [-0.2, -0.15) is 0 Å². The van der Waals surface area contributed by atoms with Crippen LogP contribution in [0.4, 0.5) is 17.1 Å². The molecule has 0 saturated heterocycles. The number of hydrogen-bond donors (Lipinski definition) is 0. The highest BCUT2D eigenvalue weighted by Crippen LogP contribution is 2.52. The molecule has 3 heterocycles. The molecule has 232 valence electrons. The summed E-state index contributed by atoms with van der Waals surface area (Å²) in [6, 6.07) is 56.3. The highest BCUT2D eigenvalue weighted by atomic mass is 16.3. The molecule has 0 bridgehead atoms. The maximum absolute atomic E-state index is 6.38. The molecule has 3 nitrogen and oxygen atoms in total. The van der Waals surface area contributed by atoms with Crippen molar-refractivity contribution in [2.45, 2.75) is 19.3 Å². The first-order chi connectivity index (χ1) is 24.1. The largest absolute Gasteiger partial charge is 0.456 e. The minimum atomic E-state index is -0.0940. The average molecular weight is 629 g/mol. The summed E-state index contributed by atoms with van der Waals surface area (Å²) in [4.78, 5) is 7.87. The summed E-state index contributed by atoms with van der Waals surface area (Å²) in [5.41, 5.74) is 13.2. The van der Waals surface area contributed by atoms with Crippen LogP contribution in [0.3, 0.4) is 0 Å². The number of pyridine rings is 1. The van der Waals surface area contributed by atoms with E-state index in [9.17, 15) is 0 Å². The van der Waals surface area contributed by atoms with Crippen molar-refractivity contribution in [1.29, 1.82) is 0 Å². The molecule has 0 amide bonds. The lowest BCUT2D eigenvalue weighted by Gasteiger charge is -2.42. The molecule has 0 N–H and O–H groups in total. The van der Waals surface area contributed by atoms with E-state index in [0.29, 0.717) is 0 Å². The van der Waals surface area contributed by atoms with Gasteiger partial charge < -0.3 is 9.32 Å². The van der Waals surface area contributed by atoms with Crippen LogP contribution < -0.4 is 4.90 Å². The van der Waals surface area contributed by atoms with E-state index in [2.05, 4.69) is 170 Å². The van der Waals surface area contributed by atoms with E-state index in [-0.39, 0.29) is 5.41 Å². The highest BCUT2D eigenvalue weighted by molar-refractivity contribution is 6.29. The van der Waals surface area contributed by atoms with Crippen molar-refractivity contribution in [2.24, 2.45) is 0 Å². The first-order valence-corrected chi connectivity index (χ1v) is 16.9. The molecule has 2 aromatic heterocycles. The van der Waals surface area contributed by atoms with Gasteiger partial charge in [0, 0.05) is 49.2 Å². The number of hydrogen-bond acceptors (Lipinski definition) is 3. The average Bonchev–Trinajstić information content (AvgIpc) is 3.54. The van der Waals surface area contributed by atoms with E-state index < -0.39 is 0 Å². The monoisotopic (exact) mass is 628 g/mol. The van der Waals surface area contributed by atoms with Gasteiger partial charge in [-0.05, 0) is 59.2 Å². The van der Waals surface area contributed by atoms with Crippen LogP contribution >= 0.6 is 0 Å². The third-order valence-electron chi connectivity index (χ3n) is 10.4. The minimum absolute atomic E-state index is 0.0940. The normalized spacial score (nSPS) is 13.6. The molecule has 0 aliphatic carbocycles. The maximum Gasteiger partial charge on any atom is 0.136 e. The molecule has 9 aromatic rings. The first kappa shape index (κ1) is 27.9. The van der Waals surface area contributed by atoms with E-state index in [1.165, 1.54) is 27.9 Å². The standard InChI is InChI=1S/C46H32N2O/c1-46(2)36-18-7-9-20-38(36)48(39-21-10-8-19-37(39)46)31-25-23-29(24-26-31)32-16-12-17-34-42-35(44(47-45(32)34)30-13-4-3-5-14-30)27-28-41-43(42)33-15-6-11-22-40(33)49-41/h3-28H,1-2H3. The van der Waals surface area contributed by atoms with Crippen molar-refractivity contribution in [2.75, 3.05) is 4.90 Å². The summed E-state index contributed by atoms with van der Waals surface area (Å²) < 4.78 is 6.38. The number of fused-ring (bicyclic) bond motifs is 9. The number of benzene rings is 7. The van der Waals surface area contributed by atoms with Crippen LogP contribution in [0.15, 0.2) is 162 Å². The predicted octanol–water partition coefficient (Wildman–Crippen LogP) is 12.7. The summed E-state index contributed by atoms with van der Waals surface area (Å²) in [6.07, 6.45) is 0. The molecule has 0 radical (unpaired) electrons. The molecular weight excluding hydrogens is 597 g/mol. The second-order valence-electron chi connectivity index (χ2n) is 13.5. The number of anilines is 3. The maximum atomic E-state index is 6.38. The molecule has 0 saturated carbocycles. The molecule has 0 atom stereocenters. The molecule has 3 heteroatoms. The third kappa shape index (κ3) is 4.06. The molecule has 0 unspecified atom stereocenters. The van der Waals surface area contributed by atoms with Gasteiger partial charge in [-0.25, -0.2) is 4.98 Å². The molecule has 10 rings (SSSR count). The van der Waals surface area contributed by atoms with Crippen LogP contribution in [-0.4, -0.2) is 4.98 Å². The van der Waals surface area contributed by atoms with Crippen molar-refractivity contribution in [1.82, 2.24) is 4.98 Å². The number of nitrogens with zero attached hydrogens (tertiary/aromatic N) is 2. The van der Waals surface area contributed by atoms with Crippen LogP contribution in [0.2, 0.25) is 0 Å². The van der Waals surface area contributed by atoms with Crippen molar-refractivity contribution in [3.63, 3.8) is 0 Å². The summed E-state index contributed by atoms with van der Waals surface area (Å²) in [5.74, 6) is 0. The zero-order valence-electron chi connectivity index (χ0n) is 27.3. The molecular formula is C46H32N2O. The molecule has 1 aliphatic rings. The molecule has 7 aromatic carbocycles. The summed E-state index contributed by atoms with van der Waals surface area (Å²) >= 11 is 0. The lowest BCUT2D eigenvalue weighted by molar-refractivity contribution is 0.632. The van der Waals surface area contributed by atoms with Crippen molar-refractivity contribution < 1.29 is 4.42 Å². The summed E-state index contributed by atoms with van der Waals surface area (Å²) in [7, 11) is 0. The van der Waals surface area contributed by atoms with Gasteiger partial charge in [0.25, 0.3) is 0 Å². The molecule has 1 aliphatic heterocycles. The van der Waals surface area contributed by atoms with E-state index >= 15 is 0 Å². The summed E-state index contributed by atoms with van der Waals surface area (Å²) in [5, 5.41) is 5.67. The lowest BCUT2D eigenvalue weighted by Crippen LogP contribution is -2.30. The van der Waals surface area contributed by atoms with Gasteiger partial charge in [-0.1, -0.05) is 129 Å². The highest BCUT2D eigenvalue weighted by Gasteiger charge is 2.36. The Bertz CT molecular complexity index is 2690. The fourth-order valence-corrected chi connectivity index (χ4v) is 8.12. The number of aromatic nitrogens is 1. The van der Waals surface area contributed by atoms with Crippen LogP contribution in [0.5, 0.6) is 0 Å². The second kappa shape index (κ2) is 10.4. The van der Waals surface area contributed by atoms with E-state index in [1.54, 1.807) is 0 Å². The predicted molar refractivity (Wildman–Crippen MR) is 204 cm³/mol. The van der Waals surface area contributed by atoms with E-state index in [1.807, 2.05) is 6.07 Å². The topological polar surface area (TPSA) is 29.3 Å². The second-order valence-corrected chi connectivity index (χ2v) is 13.5.